The number of rotatable bonds is 3. The standard InChI is InChI=1S/C12H18O4/c1-11(2)8(10(15)16)4-6-12(11,3)7-5-9(13)14/h5,7-8H,4,6H2,1-3H3,(H,13,14)(H,15,16)/b7-5+/t8-,12+/m0/s1. The van der Waals surface area contributed by atoms with Crippen LogP contribution in [-0.4, -0.2) is 22.2 Å². The van der Waals surface area contributed by atoms with Gasteiger partial charge in [0.2, 0.25) is 0 Å². The van der Waals surface area contributed by atoms with E-state index < -0.39 is 23.3 Å². The van der Waals surface area contributed by atoms with Gasteiger partial charge in [0.15, 0.2) is 0 Å². The summed E-state index contributed by atoms with van der Waals surface area (Å²) >= 11 is 0. The lowest BCUT2D eigenvalue weighted by Gasteiger charge is -2.38. The van der Waals surface area contributed by atoms with Crippen LogP contribution in [-0.2, 0) is 9.59 Å². The average Bonchev–Trinajstić information content (AvgIpc) is 2.36. The second-order valence-corrected chi connectivity index (χ2v) is 5.24. The van der Waals surface area contributed by atoms with Crippen molar-refractivity contribution < 1.29 is 19.8 Å². The molecular formula is C12H18O4. The van der Waals surface area contributed by atoms with Crippen molar-refractivity contribution >= 4 is 11.9 Å². The Labute approximate surface area is 95.0 Å². The smallest absolute Gasteiger partial charge is 0.327 e. The van der Waals surface area contributed by atoms with Gasteiger partial charge < -0.3 is 10.2 Å². The molecule has 0 spiro atoms. The lowest BCUT2D eigenvalue weighted by Crippen LogP contribution is -2.36. The molecule has 0 radical (unpaired) electrons. The highest BCUT2D eigenvalue weighted by Crippen LogP contribution is 2.56. The first kappa shape index (κ1) is 12.7. The Morgan fingerprint density at radius 3 is 2.19 bits per heavy atom. The van der Waals surface area contributed by atoms with E-state index >= 15 is 0 Å². The molecule has 4 heteroatoms. The molecule has 0 saturated heterocycles. The minimum absolute atomic E-state index is 0.367. The summed E-state index contributed by atoms with van der Waals surface area (Å²) in [5, 5.41) is 17.7. The molecule has 90 valence electrons. The minimum Gasteiger partial charge on any atom is -0.481 e. The Morgan fingerprint density at radius 1 is 1.25 bits per heavy atom. The highest BCUT2D eigenvalue weighted by Gasteiger charge is 2.52. The normalized spacial score (nSPS) is 33.1. The van der Waals surface area contributed by atoms with Gasteiger partial charge in [-0.2, -0.15) is 0 Å². The molecule has 4 nitrogen and oxygen atoms in total. The molecule has 1 aliphatic rings. The molecule has 2 N–H and O–H groups in total. The Kier molecular flexibility index (Phi) is 3.13. The van der Waals surface area contributed by atoms with Gasteiger partial charge in [0.25, 0.3) is 0 Å². The first-order chi connectivity index (χ1) is 7.21. The van der Waals surface area contributed by atoms with Gasteiger partial charge in [0, 0.05) is 6.08 Å². The molecular weight excluding hydrogens is 208 g/mol. The SMILES string of the molecule is CC1(C)[C@H](C(=O)O)CC[C@]1(C)/C=C/C(=O)O. The van der Waals surface area contributed by atoms with E-state index in [0.29, 0.717) is 12.8 Å². The predicted octanol–water partition coefficient (Wildman–Crippen LogP) is 2.15. The molecule has 0 unspecified atom stereocenters. The maximum Gasteiger partial charge on any atom is 0.327 e. The second-order valence-electron chi connectivity index (χ2n) is 5.24. The van der Waals surface area contributed by atoms with Gasteiger partial charge in [-0.15, -0.1) is 0 Å². The van der Waals surface area contributed by atoms with Crippen LogP contribution in [0.2, 0.25) is 0 Å². The first-order valence-electron chi connectivity index (χ1n) is 5.36. The average molecular weight is 226 g/mol. The van der Waals surface area contributed by atoms with Gasteiger partial charge in [-0.05, 0) is 23.7 Å². The summed E-state index contributed by atoms with van der Waals surface area (Å²) in [6.45, 7) is 5.71. The Morgan fingerprint density at radius 2 is 1.81 bits per heavy atom. The van der Waals surface area contributed by atoms with Gasteiger partial charge in [-0.1, -0.05) is 26.8 Å². The zero-order valence-corrected chi connectivity index (χ0v) is 9.86. The number of aliphatic carboxylic acids is 2. The van der Waals surface area contributed by atoms with Crippen LogP contribution in [0, 0.1) is 16.7 Å². The van der Waals surface area contributed by atoms with E-state index in [2.05, 4.69) is 0 Å². The third-order valence-electron chi connectivity index (χ3n) is 4.19. The van der Waals surface area contributed by atoms with Gasteiger partial charge in [0.1, 0.15) is 0 Å². The van der Waals surface area contributed by atoms with Gasteiger partial charge in [0.05, 0.1) is 5.92 Å². The lowest BCUT2D eigenvalue weighted by atomic mass is 9.65. The zero-order chi connectivity index (χ0) is 12.6. The largest absolute Gasteiger partial charge is 0.481 e. The van der Waals surface area contributed by atoms with E-state index in [9.17, 15) is 9.59 Å². The van der Waals surface area contributed by atoms with Crippen molar-refractivity contribution in [2.24, 2.45) is 16.7 Å². The molecule has 0 heterocycles. The van der Waals surface area contributed by atoms with Crippen LogP contribution >= 0.6 is 0 Å². The fourth-order valence-electron chi connectivity index (χ4n) is 2.51. The van der Waals surface area contributed by atoms with E-state index in [1.807, 2.05) is 20.8 Å². The van der Waals surface area contributed by atoms with Crippen molar-refractivity contribution in [3.8, 4) is 0 Å². The number of hydrogen-bond donors (Lipinski definition) is 2. The third kappa shape index (κ3) is 1.96. The topological polar surface area (TPSA) is 74.6 Å². The Balaban J connectivity index is 3.00. The monoisotopic (exact) mass is 226 g/mol. The molecule has 0 aromatic heterocycles. The van der Waals surface area contributed by atoms with E-state index in [1.165, 1.54) is 0 Å². The Bertz CT molecular complexity index is 343. The van der Waals surface area contributed by atoms with E-state index in [-0.39, 0.29) is 5.41 Å². The van der Waals surface area contributed by atoms with E-state index in [1.54, 1.807) is 6.08 Å². The summed E-state index contributed by atoms with van der Waals surface area (Å²) in [6, 6.07) is 0. The van der Waals surface area contributed by atoms with Gasteiger partial charge in [-0.3, -0.25) is 4.79 Å². The highest BCUT2D eigenvalue weighted by atomic mass is 16.4. The molecule has 16 heavy (non-hydrogen) atoms. The van der Waals surface area contributed by atoms with Crippen molar-refractivity contribution in [1.82, 2.24) is 0 Å². The molecule has 0 amide bonds. The summed E-state index contributed by atoms with van der Waals surface area (Å²) < 4.78 is 0. The van der Waals surface area contributed by atoms with Crippen molar-refractivity contribution in [2.45, 2.75) is 33.6 Å². The molecule has 1 rings (SSSR count). The predicted molar refractivity (Wildman–Crippen MR) is 59.0 cm³/mol. The van der Waals surface area contributed by atoms with Crippen LogP contribution in [0.15, 0.2) is 12.2 Å². The lowest BCUT2D eigenvalue weighted by molar-refractivity contribution is -0.145. The third-order valence-corrected chi connectivity index (χ3v) is 4.19. The van der Waals surface area contributed by atoms with Crippen molar-refractivity contribution in [2.75, 3.05) is 0 Å². The number of allylic oxidation sites excluding steroid dienone is 1. The number of carboxylic acid groups (broad SMARTS) is 2. The van der Waals surface area contributed by atoms with E-state index in [0.717, 1.165) is 6.08 Å². The summed E-state index contributed by atoms with van der Waals surface area (Å²) in [5.41, 5.74) is -0.792. The van der Waals surface area contributed by atoms with Gasteiger partial charge >= 0.3 is 11.9 Å². The highest BCUT2D eigenvalue weighted by molar-refractivity contribution is 5.80. The first-order valence-corrected chi connectivity index (χ1v) is 5.36. The molecule has 1 saturated carbocycles. The molecule has 0 bridgehead atoms. The fourth-order valence-corrected chi connectivity index (χ4v) is 2.51. The van der Waals surface area contributed by atoms with E-state index in [4.69, 9.17) is 10.2 Å². The summed E-state index contributed by atoms with van der Waals surface area (Å²) in [5.74, 6) is -2.19. The number of carboxylic acids is 2. The molecule has 1 aliphatic carbocycles. The van der Waals surface area contributed by atoms with Crippen LogP contribution in [0.3, 0.4) is 0 Å². The molecule has 2 atom stereocenters. The molecule has 1 fully saturated rings. The quantitative estimate of drug-likeness (QED) is 0.723. The molecule has 0 aliphatic heterocycles. The van der Waals surface area contributed by atoms with Crippen LogP contribution < -0.4 is 0 Å². The molecule has 0 aromatic rings. The van der Waals surface area contributed by atoms with Gasteiger partial charge in [-0.25, -0.2) is 4.79 Å². The zero-order valence-electron chi connectivity index (χ0n) is 9.86. The van der Waals surface area contributed by atoms with Crippen LogP contribution in [0.5, 0.6) is 0 Å². The summed E-state index contributed by atoms with van der Waals surface area (Å²) in [7, 11) is 0. The molecule has 0 aromatic carbocycles. The van der Waals surface area contributed by atoms with Crippen LogP contribution in [0.1, 0.15) is 33.6 Å². The number of hydrogen-bond acceptors (Lipinski definition) is 2. The Hall–Kier alpha value is -1.32. The fraction of sp³-hybridized carbons (Fsp3) is 0.667. The minimum atomic E-state index is -0.990. The van der Waals surface area contributed by atoms with Crippen molar-refractivity contribution in [3.63, 3.8) is 0 Å². The number of carbonyl (C=O) groups is 2. The maximum atomic E-state index is 11.1. The van der Waals surface area contributed by atoms with Crippen LogP contribution in [0.4, 0.5) is 0 Å². The van der Waals surface area contributed by atoms with Crippen LogP contribution in [0.25, 0.3) is 0 Å². The summed E-state index contributed by atoms with van der Waals surface area (Å²) in [4.78, 5) is 21.6. The van der Waals surface area contributed by atoms with Crippen molar-refractivity contribution in [3.05, 3.63) is 12.2 Å². The maximum absolute atomic E-state index is 11.1. The second kappa shape index (κ2) is 3.92. The summed E-state index contributed by atoms with van der Waals surface area (Å²) in [6.07, 6.45) is 4.06. The van der Waals surface area contributed by atoms with Crippen molar-refractivity contribution in [1.29, 1.82) is 0 Å².